The summed E-state index contributed by atoms with van der Waals surface area (Å²) >= 11 is 0. The molecule has 1 aliphatic carbocycles. The lowest BCUT2D eigenvalue weighted by Crippen LogP contribution is -1.81. The summed E-state index contributed by atoms with van der Waals surface area (Å²) in [4.78, 5) is 0. The lowest BCUT2D eigenvalue weighted by molar-refractivity contribution is 1.29. The third kappa shape index (κ3) is 1.79. The van der Waals surface area contributed by atoms with E-state index in [-0.39, 0.29) is 15.8 Å². The second-order valence-electron chi connectivity index (χ2n) is 2.81. The van der Waals surface area contributed by atoms with Crippen molar-refractivity contribution in [3.8, 4) is 0 Å². The van der Waals surface area contributed by atoms with Gasteiger partial charge in [-0.05, 0) is 24.5 Å². The second-order valence-corrected chi connectivity index (χ2v) is 2.81. The first kappa shape index (κ1) is 11.0. The summed E-state index contributed by atoms with van der Waals surface area (Å²) in [5, 5.41) is 0. The van der Waals surface area contributed by atoms with Gasteiger partial charge in [0.2, 0.25) is 0 Å². The van der Waals surface area contributed by atoms with Crippen LogP contribution in [0.15, 0.2) is 24.3 Å². The van der Waals surface area contributed by atoms with Crippen LogP contribution in [-0.4, -0.2) is 8.41 Å². The van der Waals surface area contributed by atoms with Gasteiger partial charge in [-0.1, -0.05) is 43.3 Å². The van der Waals surface area contributed by atoms with Gasteiger partial charge in [-0.15, -0.1) is 0 Å². The molecule has 12 heavy (non-hydrogen) atoms. The molecule has 1 aromatic carbocycles. The second kappa shape index (κ2) is 4.15. The van der Waals surface area contributed by atoms with E-state index in [4.69, 9.17) is 0 Å². The number of rotatable bonds is 0. The first-order chi connectivity index (χ1) is 4.86. The average molecular weight is 157 g/mol. The van der Waals surface area contributed by atoms with Crippen molar-refractivity contribution in [1.82, 2.24) is 0 Å². The summed E-state index contributed by atoms with van der Waals surface area (Å²) in [5.74, 6) is 0. The van der Waals surface area contributed by atoms with Gasteiger partial charge >= 0.3 is 0 Å². The number of benzene rings is 1. The van der Waals surface area contributed by atoms with Gasteiger partial charge in [-0.2, -0.15) is 0 Å². The molecule has 0 heterocycles. The fourth-order valence-corrected chi connectivity index (χ4v) is 1.37. The Kier molecular flexibility index (Phi) is 3.81. The maximum Gasteiger partial charge on any atom is 0 e. The zero-order valence-electron chi connectivity index (χ0n) is 6.67. The molecule has 0 saturated heterocycles. The topological polar surface area (TPSA) is 0 Å². The fraction of sp³-hybridized carbons (Fsp3) is 0.273. The minimum atomic E-state index is 0. The van der Waals surface area contributed by atoms with Crippen LogP contribution >= 0.6 is 0 Å². The molecule has 0 N–H and O–H groups in total. The largest absolute Gasteiger partial charge is 0.0795 e. The molecule has 0 aliphatic heterocycles. The van der Waals surface area contributed by atoms with Gasteiger partial charge < -0.3 is 0 Å². The monoisotopic (exact) mass is 157 g/mol. The zero-order chi connectivity index (χ0) is 6.97. The molecule has 1 aliphatic rings. The lowest BCUT2D eigenvalue weighted by atomic mass is 10.1. The minimum absolute atomic E-state index is 0. The summed E-state index contributed by atoms with van der Waals surface area (Å²) in [7, 11) is 0. The number of aryl methyl sites for hydroxylation is 1. The Balaban J connectivity index is 0.000000605. The summed E-state index contributed by atoms with van der Waals surface area (Å²) in [6, 6.07) is 6.62. The molecule has 0 amide bonds. The van der Waals surface area contributed by atoms with Gasteiger partial charge in [0.1, 0.15) is 0 Å². The quantitative estimate of drug-likeness (QED) is 0.508. The van der Waals surface area contributed by atoms with E-state index in [1.54, 1.807) is 0 Å². The van der Waals surface area contributed by atoms with Crippen LogP contribution in [0.4, 0.5) is 0 Å². The molecule has 0 unspecified atom stereocenters. The fourth-order valence-electron chi connectivity index (χ4n) is 1.37. The van der Waals surface area contributed by atoms with Crippen molar-refractivity contribution in [3.05, 3.63) is 41.0 Å². The van der Waals surface area contributed by atoms with Gasteiger partial charge in [-0.25, -0.2) is 0 Å². The van der Waals surface area contributed by atoms with E-state index in [0.29, 0.717) is 0 Å². The Labute approximate surface area is 76.9 Å². The summed E-state index contributed by atoms with van der Waals surface area (Å²) in [5.41, 5.74) is 4.22. The number of hydrogen-bond acceptors (Lipinski definition) is 0. The molecule has 61 valence electrons. The predicted octanol–water partition coefficient (Wildman–Crippen LogP) is 2.82. The molecular formula is C11H14B. The Bertz CT molecular complexity index is 287. The van der Waals surface area contributed by atoms with Crippen LogP contribution in [0.25, 0.3) is 6.08 Å². The van der Waals surface area contributed by atoms with Crippen molar-refractivity contribution in [2.24, 2.45) is 0 Å². The summed E-state index contributed by atoms with van der Waals surface area (Å²) in [6.07, 6.45) is 5.53. The molecule has 0 fully saturated rings. The van der Waals surface area contributed by atoms with Crippen LogP contribution in [0.1, 0.15) is 24.1 Å². The van der Waals surface area contributed by atoms with Crippen LogP contribution in [0.3, 0.4) is 0 Å². The van der Waals surface area contributed by atoms with Crippen molar-refractivity contribution >= 4 is 14.5 Å². The third-order valence-corrected chi connectivity index (χ3v) is 1.94. The van der Waals surface area contributed by atoms with Crippen LogP contribution in [0.2, 0.25) is 0 Å². The van der Waals surface area contributed by atoms with Crippen molar-refractivity contribution < 1.29 is 0 Å². The Hall–Kier alpha value is -0.975. The average Bonchev–Trinajstić information content (AvgIpc) is 2.33. The highest BCUT2D eigenvalue weighted by Gasteiger charge is 2.02. The Morgan fingerprint density at radius 1 is 1.25 bits per heavy atom. The number of hydrogen-bond donors (Lipinski definition) is 0. The standard InChI is InChI=1S/C10H10.CH4.B/c1-8-5-6-9-3-2-4-10(9)7-8;;/h2,4-7H,3H2,1H3;1H4;. The lowest BCUT2D eigenvalue weighted by Gasteiger charge is -1.97. The van der Waals surface area contributed by atoms with Crippen LogP contribution in [0, 0.1) is 6.92 Å². The molecule has 0 saturated carbocycles. The normalized spacial score (nSPS) is 11.4. The minimum Gasteiger partial charge on any atom is -0.0795 e. The maximum atomic E-state index is 2.23. The first-order valence-corrected chi connectivity index (χ1v) is 3.62. The van der Waals surface area contributed by atoms with Crippen molar-refractivity contribution in [2.45, 2.75) is 20.8 Å². The molecular weight excluding hydrogens is 143 g/mol. The van der Waals surface area contributed by atoms with E-state index in [0.717, 1.165) is 6.42 Å². The molecule has 3 radical (unpaired) electrons. The van der Waals surface area contributed by atoms with Crippen LogP contribution < -0.4 is 0 Å². The molecule has 1 heteroatoms. The number of fused-ring (bicyclic) bond motifs is 1. The summed E-state index contributed by atoms with van der Waals surface area (Å²) < 4.78 is 0. The molecule has 0 spiro atoms. The van der Waals surface area contributed by atoms with E-state index in [1.807, 2.05) is 0 Å². The molecule has 2 rings (SSSR count). The van der Waals surface area contributed by atoms with Gasteiger partial charge in [-0.3, -0.25) is 0 Å². The van der Waals surface area contributed by atoms with E-state index >= 15 is 0 Å². The van der Waals surface area contributed by atoms with Gasteiger partial charge in [0, 0.05) is 8.41 Å². The Morgan fingerprint density at radius 2 is 2.00 bits per heavy atom. The molecule has 1 aromatic rings. The van der Waals surface area contributed by atoms with E-state index in [9.17, 15) is 0 Å². The van der Waals surface area contributed by atoms with Crippen molar-refractivity contribution in [2.75, 3.05) is 0 Å². The highest BCUT2D eigenvalue weighted by Crippen LogP contribution is 2.19. The van der Waals surface area contributed by atoms with Crippen LogP contribution in [0.5, 0.6) is 0 Å². The predicted molar refractivity (Wildman–Crippen MR) is 56.4 cm³/mol. The zero-order valence-corrected chi connectivity index (χ0v) is 6.67. The van der Waals surface area contributed by atoms with Gasteiger partial charge in [0.25, 0.3) is 0 Å². The third-order valence-electron chi connectivity index (χ3n) is 1.94. The highest BCUT2D eigenvalue weighted by atomic mass is 14.1. The molecule has 0 aromatic heterocycles. The van der Waals surface area contributed by atoms with Crippen molar-refractivity contribution in [3.63, 3.8) is 0 Å². The smallest absolute Gasteiger partial charge is 0 e. The molecule has 0 nitrogen and oxygen atoms in total. The number of allylic oxidation sites excluding steroid dienone is 1. The van der Waals surface area contributed by atoms with Gasteiger partial charge in [0.15, 0.2) is 0 Å². The van der Waals surface area contributed by atoms with E-state index in [1.165, 1.54) is 16.7 Å². The molecule has 0 atom stereocenters. The Morgan fingerprint density at radius 3 is 2.75 bits per heavy atom. The van der Waals surface area contributed by atoms with Crippen molar-refractivity contribution in [1.29, 1.82) is 0 Å². The summed E-state index contributed by atoms with van der Waals surface area (Å²) in [6.45, 7) is 2.13. The molecule has 0 bridgehead atoms. The first-order valence-electron chi connectivity index (χ1n) is 3.62. The highest BCUT2D eigenvalue weighted by molar-refractivity contribution is 5.75. The van der Waals surface area contributed by atoms with Gasteiger partial charge in [0.05, 0.1) is 0 Å². The van der Waals surface area contributed by atoms with Crippen LogP contribution in [-0.2, 0) is 6.42 Å². The SMILES string of the molecule is C.Cc1ccc2c(c1)C=CC2.[B]. The van der Waals surface area contributed by atoms with E-state index in [2.05, 4.69) is 37.3 Å². The van der Waals surface area contributed by atoms with E-state index < -0.39 is 0 Å². The maximum absolute atomic E-state index is 2.23.